The molecule has 2 rings (SSSR count). The maximum atomic E-state index is 11.4. The Morgan fingerprint density at radius 3 is 2.52 bits per heavy atom. The van der Waals surface area contributed by atoms with Crippen molar-refractivity contribution in [3.8, 4) is 0 Å². The SMILES string of the molecule is COC(=O)c1ccc(C(C)SCc2cc(C)cc(C)c2)o1. The largest absolute Gasteiger partial charge is 0.463 e. The first-order valence-corrected chi connectivity index (χ1v) is 7.91. The van der Waals surface area contributed by atoms with Gasteiger partial charge in [0.25, 0.3) is 0 Å². The number of hydrogen-bond donors (Lipinski definition) is 0. The lowest BCUT2D eigenvalue weighted by Crippen LogP contribution is -1.98. The molecule has 0 aliphatic heterocycles. The maximum Gasteiger partial charge on any atom is 0.373 e. The summed E-state index contributed by atoms with van der Waals surface area (Å²) in [6.07, 6.45) is 0. The molecule has 1 heterocycles. The predicted molar refractivity (Wildman–Crippen MR) is 85.7 cm³/mol. The number of hydrogen-bond acceptors (Lipinski definition) is 4. The van der Waals surface area contributed by atoms with Crippen molar-refractivity contribution in [1.29, 1.82) is 0 Å². The Labute approximate surface area is 129 Å². The molecule has 0 aliphatic carbocycles. The lowest BCUT2D eigenvalue weighted by atomic mass is 10.1. The van der Waals surface area contributed by atoms with Gasteiger partial charge in [0.15, 0.2) is 0 Å². The van der Waals surface area contributed by atoms with Crippen LogP contribution in [0.15, 0.2) is 34.7 Å². The van der Waals surface area contributed by atoms with E-state index in [1.165, 1.54) is 23.8 Å². The minimum atomic E-state index is -0.437. The highest BCUT2D eigenvalue weighted by Crippen LogP contribution is 2.32. The average molecular weight is 304 g/mol. The fraction of sp³-hybridized carbons (Fsp3) is 0.353. The number of rotatable bonds is 5. The predicted octanol–water partition coefficient (Wildman–Crippen LogP) is 4.68. The van der Waals surface area contributed by atoms with Gasteiger partial charge < -0.3 is 9.15 Å². The van der Waals surface area contributed by atoms with E-state index in [-0.39, 0.29) is 11.0 Å². The molecule has 1 aromatic carbocycles. The quantitative estimate of drug-likeness (QED) is 0.752. The van der Waals surface area contributed by atoms with Crippen molar-refractivity contribution >= 4 is 17.7 Å². The van der Waals surface area contributed by atoms with Gasteiger partial charge in [-0.2, -0.15) is 0 Å². The molecule has 1 unspecified atom stereocenters. The minimum absolute atomic E-state index is 0.184. The number of esters is 1. The molecule has 1 aromatic heterocycles. The third-order valence-electron chi connectivity index (χ3n) is 3.20. The second-order valence-corrected chi connectivity index (χ2v) is 6.47. The van der Waals surface area contributed by atoms with Gasteiger partial charge in [-0.15, -0.1) is 11.8 Å². The molecule has 0 fully saturated rings. The van der Waals surface area contributed by atoms with Crippen LogP contribution >= 0.6 is 11.8 Å². The van der Waals surface area contributed by atoms with Gasteiger partial charge in [0.1, 0.15) is 5.76 Å². The van der Waals surface area contributed by atoms with Gasteiger partial charge in [-0.3, -0.25) is 0 Å². The Hall–Kier alpha value is -1.68. The molecule has 0 saturated heterocycles. The first-order valence-electron chi connectivity index (χ1n) is 6.86. The van der Waals surface area contributed by atoms with Crippen molar-refractivity contribution in [3.63, 3.8) is 0 Å². The Morgan fingerprint density at radius 2 is 1.90 bits per heavy atom. The lowest BCUT2D eigenvalue weighted by Gasteiger charge is -2.09. The number of carbonyl (C=O) groups is 1. The van der Waals surface area contributed by atoms with E-state index < -0.39 is 5.97 Å². The van der Waals surface area contributed by atoms with E-state index in [0.717, 1.165) is 11.5 Å². The smallest absolute Gasteiger partial charge is 0.373 e. The topological polar surface area (TPSA) is 39.4 Å². The van der Waals surface area contributed by atoms with Crippen molar-refractivity contribution in [2.45, 2.75) is 31.8 Å². The van der Waals surface area contributed by atoms with Crippen LogP contribution < -0.4 is 0 Å². The summed E-state index contributed by atoms with van der Waals surface area (Å²) in [7, 11) is 1.35. The molecule has 0 saturated carbocycles. The van der Waals surface area contributed by atoms with Crippen LogP contribution in [0.5, 0.6) is 0 Å². The van der Waals surface area contributed by atoms with E-state index in [2.05, 4.69) is 43.7 Å². The Balaban J connectivity index is 1.99. The van der Waals surface area contributed by atoms with Gasteiger partial charge in [0, 0.05) is 5.75 Å². The molecular formula is C17H20O3S. The summed E-state index contributed by atoms with van der Waals surface area (Å²) in [5, 5.41) is 0.184. The van der Waals surface area contributed by atoms with Crippen LogP contribution in [0.3, 0.4) is 0 Å². The molecule has 0 N–H and O–H groups in total. The van der Waals surface area contributed by atoms with Crippen molar-refractivity contribution in [2.24, 2.45) is 0 Å². The zero-order chi connectivity index (χ0) is 15.4. The highest BCUT2D eigenvalue weighted by atomic mass is 32.2. The van der Waals surface area contributed by atoms with Gasteiger partial charge in [-0.25, -0.2) is 4.79 Å². The number of methoxy groups -OCH3 is 1. The highest BCUT2D eigenvalue weighted by molar-refractivity contribution is 7.98. The van der Waals surface area contributed by atoms with Crippen LogP contribution in [0.25, 0.3) is 0 Å². The molecule has 112 valence electrons. The molecule has 21 heavy (non-hydrogen) atoms. The molecule has 4 heteroatoms. The van der Waals surface area contributed by atoms with E-state index >= 15 is 0 Å². The van der Waals surface area contributed by atoms with Crippen LogP contribution in [0.1, 0.15) is 45.2 Å². The minimum Gasteiger partial charge on any atom is -0.463 e. The summed E-state index contributed by atoms with van der Waals surface area (Å²) in [5.74, 6) is 1.53. The third-order valence-corrected chi connectivity index (χ3v) is 4.43. The molecule has 0 aliphatic rings. The summed E-state index contributed by atoms with van der Waals surface area (Å²) in [4.78, 5) is 11.4. The highest BCUT2D eigenvalue weighted by Gasteiger charge is 2.15. The monoisotopic (exact) mass is 304 g/mol. The second-order valence-electron chi connectivity index (χ2n) is 5.14. The summed E-state index contributed by atoms with van der Waals surface area (Å²) >= 11 is 1.79. The fourth-order valence-corrected chi connectivity index (χ4v) is 3.14. The van der Waals surface area contributed by atoms with Crippen molar-refractivity contribution in [2.75, 3.05) is 7.11 Å². The molecule has 0 bridgehead atoms. The third kappa shape index (κ3) is 4.14. The second kappa shape index (κ2) is 6.85. The fourth-order valence-electron chi connectivity index (χ4n) is 2.24. The average Bonchev–Trinajstić information content (AvgIpc) is 2.92. The Bertz CT molecular complexity index is 610. The molecular weight excluding hydrogens is 284 g/mol. The molecule has 3 nitrogen and oxygen atoms in total. The zero-order valence-electron chi connectivity index (χ0n) is 12.8. The first-order chi connectivity index (χ1) is 9.99. The van der Waals surface area contributed by atoms with E-state index in [9.17, 15) is 4.79 Å². The van der Waals surface area contributed by atoms with Crippen LogP contribution in [-0.4, -0.2) is 13.1 Å². The van der Waals surface area contributed by atoms with E-state index in [1.54, 1.807) is 17.8 Å². The Kier molecular flexibility index (Phi) is 5.12. The summed E-state index contributed by atoms with van der Waals surface area (Å²) in [6, 6.07) is 10.1. The van der Waals surface area contributed by atoms with E-state index in [1.807, 2.05) is 6.07 Å². The molecule has 2 aromatic rings. The van der Waals surface area contributed by atoms with Crippen molar-refractivity contribution < 1.29 is 13.9 Å². The summed E-state index contributed by atoms with van der Waals surface area (Å²) in [6.45, 7) is 6.30. The normalized spacial score (nSPS) is 12.2. The van der Waals surface area contributed by atoms with E-state index in [0.29, 0.717) is 0 Å². The lowest BCUT2D eigenvalue weighted by molar-refractivity contribution is 0.0563. The first kappa shape index (κ1) is 15.7. The van der Waals surface area contributed by atoms with Crippen LogP contribution in [-0.2, 0) is 10.5 Å². The van der Waals surface area contributed by atoms with Crippen LogP contribution in [0.4, 0.5) is 0 Å². The maximum absolute atomic E-state index is 11.4. The van der Waals surface area contributed by atoms with Gasteiger partial charge >= 0.3 is 5.97 Å². The Morgan fingerprint density at radius 1 is 1.24 bits per heavy atom. The van der Waals surface area contributed by atoms with Gasteiger partial charge in [0.05, 0.1) is 12.4 Å². The summed E-state index contributed by atoms with van der Waals surface area (Å²) in [5.41, 5.74) is 3.87. The van der Waals surface area contributed by atoms with Crippen molar-refractivity contribution in [3.05, 3.63) is 58.5 Å². The van der Waals surface area contributed by atoms with Gasteiger partial charge in [-0.1, -0.05) is 29.3 Å². The van der Waals surface area contributed by atoms with Crippen molar-refractivity contribution in [1.82, 2.24) is 0 Å². The number of ether oxygens (including phenoxy) is 1. The number of benzene rings is 1. The molecule has 1 atom stereocenters. The standard InChI is InChI=1S/C17H20O3S/c1-11-7-12(2)9-14(8-11)10-21-13(3)15-5-6-16(20-15)17(18)19-4/h5-9,13H,10H2,1-4H3. The summed E-state index contributed by atoms with van der Waals surface area (Å²) < 4.78 is 10.2. The molecule has 0 amide bonds. The number of aryl methyl sites for hydroxylation is 2. The van der Waals surface area contributed by atoms with E-state index in [4.69, 9.17) is 4.42 Å². The van der Waals surface area contributed by atoms with Crippen LogP contribution in [0, 0.1) is 13.8 Å². The molecule has 0 spiro atoms. The molecule has 0 radical (unpaired) electrons. The zero-order valence-corrected chi connectivity index (χ0v) is 13.6. The number of carbonyl (C=O) groups excluding carboxylic acids is 1. The number of furan rings is 1. The number of thioether (sulfide) groups is 1. The van der Waals surface area contributed by atoms with Crippen LogP contribution in [0.2, 0.25) is 0 Å². The van der Waals surface area contributed by atoms with Gasteiger partial charge in [0.2, 0.25) is 5.76 Å². The van der Waals surface area contributed by atoms with Gasteiger partial charge in [-0.05, 0) is 38.5 Å².